The van der Waals surface area contributed by atoms with Crippen LogP contribution in [0.2, 0.25) is 0 Å². The number of hydrogen-bond donors (Lipinski definition) is 1. The zero-order chi connectivity index (χ0) is 8.10. The summed E-state index contributed by atoms with van der Waals surface area (Å²) in [7, 11) is 0. The lowest BCUT2D eigenvalue weighted by Crippen LogP contribution is -1.97. The molecule has 0 atom stereocenters. The minimum atomic E-state index is 0.670. The predicted octanol–water partition coefficient (Wildman–Crippen LogP) is 2.60. The highest BCUT2D eigenvalue weighted by Gasteiger charge is 1.90. The van der Waals surface area contributed by atoms with Crippen molar-refractivity contribution in [3.05, 3.63) is 27.8 Å². The molecule has 0 spiro atoms. The molecule has 0 bridgehead atoms. The van der Waals surface area contributed by atoms with Crippen LogP contribution in [0.15, 0.2) is 24.3 Å². The van der Waals surface area contributed by atoms with Crippen molar-refractivity contribution in [3.63, 3.8) is 0 Å². The first kappa shape index (κ1) is 9.19. The lowest BCUT2D eigenvalue weighted by atomic mass is 10.3. The largest absolute Gasteiger partial charge is 0.493 e. The lowest BCUT2D eigenvalue weighted by molar-refractivity contribution is 0.344. The average Bonchev–Trinajstić information content (AvgIpc) is 2.04. The third-order valence-electron chi connectivity index (χ3n) is 1.17. The van der Waals surface area contributed by atoms with E-state index in [0.29, 0.717) is 6.61 Å². The molecule has 0 heterocycles. The molecule has 60 valence electrons. The fraction of sp³-hybridized carbons (Fsp3) is 0.250. The molecule has 0 unspecified atom stereocenters. The van der Waals surface area contributed by atoms with Crippen LogP contribution < -0.4 is 4.74 Å². The van der Waals surface area contributed by atoms with E-state index in [0.717, 1.165) is 11.5 Å². The maximum absolute atomic E-state index is 5.33. The molecule has 0 aliphatic heterocycles. The van der Waals surface area contributed by atoms with Crippen LogP contribution in [0.25, 0.3) is 0 Å². The highest BCUT2D eigenvalue weighted by atomic mass is 127. The summed E-state index contributed by atoms with van der Waals surface area (Å²) in [4.78, 5) is 0. The summed E-state index contributed by atoms with van der Waals surface area (Å²) in [5.74, 6) is 1.67. The molecule has 11 heavy (non-hydrogen) atoms. The van der Waals surface area contributed by atoms with Gasteiger partial charge in [-0.05, 0) is 46.9 Å². The molecule has 1 nitrogen and oxygen atoms in total. The summed E-state index contributed by atoms with van der Waals surface area (Å²) in [6.07, 6.45) is 0. The van der Waals surface area contributed by atoms with E-state index in [1.165, 1.54) is 3.57 Å². The van der Waals surface area contributed by atoms with Gasteiger partial charge in [-0.15, -0.1) is 0 Å². The second-order valence-electron chi connectivity index (χ2n) is 2.03. The molecule has 0 aliphatic rings. The quantitative estimate of drug-likeness (QED) is 0.661. The molecule has 0 amide bonds. The first-order chi connectivity index (χ1) is 5.33. The van der Waals surface area contributed by atoms with Crippen LogP contribution >= 0.6 is 35.2 Å². The van der Waals surface area contributed by atoms with Crippen LogP contribution in [0, 0.1) is 3.57 Å². The van der Waals surface area contributed by atoms with Crippen LogP contribution in [0.5, 0.6) is 5.75 Å². The van der Waals surface area contributed by atoms with Gasteiger partial charge in [0, 0.05) is 9.32 Å². The maximum atomic E-state index is 5.33. The Bertz CT molecular complexity index is 210. The number of rotatable bonds is 3. The van der Waals surface area contributed by atoms with Crippen molar-refractivity contribution >= 4 is 35.2 Å². The Kier molecular flexibility index (Phi) is 4.07. The van der Waals surface area contributed by atoms with Gasteiger partial charge in [-0.2, -0.15) is 12.6 Å². The summed E-state index contributed by atoms with van der Waals surface area (Å²) in [6, 6.07) is 7.97. The summed E-state index contributed by atoms with van der Waals surface area (Å²) >= 11 is 6.31. The Morgan fingerprint density at radius 1 is 1.27 bits per heavy atom. The summed E-state index contributed by atoms with van der Waals surface area (Å²) < 4.78 is 6.55. The summed E-state index contributed by atoms with van der Waals surface area (Å²) in [6.45, 7) is 0.670. The van der Waals surface area contributed by atoms with Crippen LogP contribution in [0.3, 0.4) is 0 Å². The van der Waals surface area contributed by atoms with Gasteiger partial charge in [0.25, 0.3) is 0 Å². The summed E-state index contributed by atoms with van der Waals surface area (Å²) in [5, 5.41) is 0. The van der Waals surface area contributed by atoms with E-state index in [-0.39, 0.29) is 0 Å². The molecule has 3 heteroatoms. The smallest absolute Gasteiger partial charge is 0.119 e. The van der Waals surface area contributed by atoms with E-state index >= 15 is 0 Å². The molecule has 0 fully saturated rings. The van der Waals surface area contributed by atoms with Crippen molar-refractivity contribution in [2.75, 3.05) is 12.4 Å². The second kappa shape index (κ2) is 4.87. The molecule has 0 aliphatic carbocycles. The molecule has 0 saturated heterocycles. The minimum Gasteiger partial charge on any atom is -0.493 e. The van der Waals surface area contributed by atoms with Crippen LogP contribution in [0.1, 0.15) is 0 Å². The fourth-order valence-corrected chi connectivity index (χ4v) is 1.15. The lowest BCUT2D eigenvalue weighted by Gasteiger charge is -2.02. The van der Waals surface area contributed by atoms with Gasteiger partial charge in [0.05, 0.1) is 6.61 Å². The number of hydrogen-bond acceptors (Lipinski definition) is 2. The molecular formula is C8H9IOS. The number of ether oxygens (including phenoxy) is 1. The highest BCUT2D eigenvalue weighted by molar-refractivity contribution is 14.1. The van der Waals surface area contributed by atoms with Crippen LogP contribution in [0.4, 0.5) is 0 Å². The summed E-state index contributed by atoms with van der Waals surface area (Å²) in [5.41, 5.74) is 0. The second-order valence-corrected chi connectivity index (χ2v) is 3.72. The van der Waals surface area contributed by atoms with Gasteiger partial charge in [0.1, 0.15) is 5.75 Å². The monoisotopic (exact) mass is 280 g/mol. The van der Waals surface area contributed by atoms with E-state index in [2.05, 4.69) is 35.2 Å². The predicted molar refractivity (Wildman–Crippen MR) is 58.5 cm³/mol. The molecule has 0 aromatic heterocycles. The number of halogens is 1. The maximum Gasteiger partial charge on any atom is 0.119 e. The van der Waals surface area contributed by atoms with Gasteiger partial charge >= 0.3 is 0 Å². The van der Waals surface area contributed by atoms with E-state index in [1.807, 2.05) is 24.3 Å². The third kappa shape index (κ3) is 3.33. The van der Waals surface area contributed by atoms with Gasteiger partial charge < -0.3 is 4.74 Å². The van der Waals surface area contributed by atoms with E-state index in [4.69, 9.17) is 4.74 Å². The van der Waals surface area contributed by atoms with Crippen molar-refractivity contribution in [3.8, 4) is 5.75 Å². The van der Waals surface area contributed by atoms with Gasteiger partial charge in [0.15, 0.2) is 0 Å². The van der Waals surface area contributed by atoms with Crippen molar-refractivity contribution in [1.82, 2.24) is 0 Å². The Morgan fingerprint density at radius 2 is 1.91 bits per heavy atom. The number of benzene rings is 1. The molecular weight excluding hydrogens is 271 g/mol. The van der Waals surface area contributed by atoms with Crippen LogP contribution in [-0.4, -0.2) is 12.4 Å². The van der Waals surface area contributed by atoms with E-state index in [9.17, 15) is 0 Å². The Hall–Kier alpha value is 0.1000. The first-order valence-electron chi connectivity index (χ1n) is 3.32. The van der Waals surface area contributed by atoms with Gasteiger partial charge in [0.2, 0.25) is 0 Å². The van der Waals surface area contributed by atoms with Gasteiger partial charge in [-0.25, -0.2) is 0 Å². The first-order valence-corrected chi connectivity index (χ1v) is 5.03. The standard InChI is InChI=1S/C8H9IOS/c9-7-1-3-8(4-2-7)10-5-6-11/h1-4,11H,5-6H2. The molecule has 0 N–H and O–H groups in total. The van der Waals surface area contributed by atoms with Crippen molar-refractivity contribution in [1.29, 1.82) is 0 Å². The Balaban J connectivity index is 2.52. The van der Waals surface area contributed by atoms with Crippen molar-refractivity contribution in [2.24, 2.45) is 0 Å². The molecule has 1 rings (SSSR count). The topological polar surface area (TPSA) is 9.23 Å². The van der Waals surface area contributed by atoms with Crippen LogP contribution in [-0.2, 0) is 0 Å². The Labute approximate surface area is 85.7 Å². The van der Waals surface area contributed by atoms with Gasteiger partial charge in [-0.1, -0.05) is 0 Å². The minimum absolute atomic E-state index is 0.670. The Morgan fingerprint density at radius 3 is 2.45 bits per heavy atom. The molecule has 0 saturated carbocycles. The molecule has 0 radical (unpaired) electrons. The fourth-order valence-electron chi connectivity index (χ4n) is 0.694. The molecule has 1 aromatic carbocycles. The normalized spacial score (nSPS) is 9.64. The van der Waals surface area contributed by atoms with E-state index < -0.39 is 0 Å². The number of thiol groups is 1. The van der Waals surface area contributed by atoms with Crippen molar-refractivity contribution < 1.29 is 4.74 Å². The van der Waals surface area contributed by atoms with Gasteiger partial charge in [-0.3, -0.25) is 0 Å². The zero-order valence-electron chi connectivity index (χ0n) is 5.96. The van der Waals surface area contributed by atoms with Crippen molar-refractivity contribution in [2.45, 2.75) is 0 Å². The molecule has 1 aromatic rings. The third-order valence-corrected chi connectivity index (χ3v) is 2.08. The zero-order valence-corrected chi connectivity index (χ0v) is 9.01. The average molecular weight is 280 g/mol. The van der Waals surface area contributed by atoms with E-state index in [1.54, 1.807) is 0 Å². The SMILES string of the molecule is SCCOc1ccc(I)cc1. The highest BCUT2D eigenvalue weighted by Crippen LogP contribution is 2.13.